The first kappa shape index (κ1) is 11.8. The molecule has 0 aromatic carbocycles. The molecule has 2 rings (SSSR count). The highest BCUT2D eigenvalue weighted by atomic mass is 32.1. The minimum Gasteiger partial charge on any atom is -0.309 e. The maximum atomic E-state index is 3.43. The zero-order chi connectivity index (χ0) is 11.5. The zero-order valence-corrected chi connectivity index (χ0v) is 11.5. The summed E-state index contributed by atoms with van der Waals surface area (Å²) in [6.45, 7) is 4.38. The van der Waals surface area contributed by atoms with Gasteiger partial charge in [-0.2, -0.15) is 0 Å². The van der Waals surface area contributed by atoms with Crippen LogP contribution in [0.5, 0.6) is 0 Å². The first-order valence-corrected chi connectivity index (χ1v) is 7.30. The number of aryl methyl sites for hydroxylation is 2. The maximum Gasteiger partial charge on any atom is 0.0679 e. The lowest BCUT2D eigenvalue weighted by Crippen LogP contribution is -2.16. The van der Waals surface area contributed by atoms with Gasteiger partial charge < -0.3 is 5.32 Å². The summed E-state index contributed by atoms with van der Waals surface area (Å²) in [6.07, 6.45) is 1.11. The molecule has 1 unspecified atom stereocenters. The monoisotopic (exact) mass is 251 g/mol. The third kappa shape index (κ3) is 2.21. The number of nitrogens with one attached hydrogen (secondary N) is 1. The molecule has 0 saturated heterocycles. The molecule has 0 spiro atoms. The minimum atomic E-state index is 0.361. The van der Waals surface area contributed by atoms with Gasteiger partial charge in [0.2, 0.25) is 0 Å². The highest BCUT2D eigenvalue weighted by molar-refractivity contribution is 7.10. The Hall–Kier alpha value is -0.640. The van der Waals surface area contributed by atoms with Gasteiger partial charge in [0.05, 0.1) is 6.04 Å². The van der Waals surface area contributed by atoms with Crippen LogP contribution in [0.25, 0.3) is 0 Å². The standard InChI is InChI=1S/C13H17NS2/c1-4-10-5-6-15-13(10)12(14-3)11-7-9(2)16-8-11/h5-8,12,14H,4H2,1-3H3. The van der Waals surface area contributed by atoms with Crippen LogP contribution in [0, 0.1) is 6.92 Å². The van der Waals surface area contributed by atoms with Crippen LogP contribution in [-0.4, -0.2) is 7.05 Å². The summed E-state index contributed by atoms with van der Waals surface area (Å²) in [5, 5.41) is 7.88. The minimum absolute atomic E-state index is 0.361. The fourth-order valence-electron chi connectivity index (χ4n) is 1.96. The topological polar surface area (TPSA) is 12.0 Å². The van der Waals surface area contributed by atoms with E-state index in [9.17, 15) is 0 Å². The molecular formula is C13H17NS2. The van der Waals surface area contributed by atoms with Gasteiger partial charge in [0.25, 0.3) is 0 Å². The summed E-state index contributed by atoms with van der Waals surface area (Å²) in [7, 11) is 2.04. The van der Waals surface area contributed by atoms with E-state index in [1.807, 2.05) is 29.7 Å². The van der Waals surface area contributed by atoms with Crippen LogP contribution in [-0.2, 0) is 6.42 Å². The SMILES string of the molecule is CCc1ccsc1C(NC)c1csc(C)c1. The van der Waals surface area contributed by atoms with Gasteiger partial charge >= 0.3 is 0 Å². The van der Waals surface area contributed by atoms with E-state index in [1.54, 1.807) is 0 Å². The highest BCUT2D eigenvalue weighted by Gasteiger charge is 2.17. The third-order valence-corrected chi connectivity index (χ3v) is 4.70. The molecule has 1 N–H and O–H groups in total. The van der Waals surface area contributed by atoms with Crippen molar-refractivity contribution in [3.8, 4) is 0 Å². The predicted octanol–water partition coefficient (Wildman–Crippen LogP) is 3.99. The Morgan fingerprint density at radius 1 is 1.38 bits per heavy atom. The van der Waals surface area contributed by atoms with E-state index in [1.165, 1.54) is 20.9 Å². The van der Waals surface area contributed by atoms with Crippen LogP contribution in [0.4, 0.5) is 0 Å². The van der Waals surface area contributed by atoms with Crippen molar-refractivity contribution in [2.24, 2.45) is 0 Å². The Labute approximate surface area is 105 Å². The Morgan fingerprint density at radius 3 is 2.75 bits per heavy atom. The van der Waals surface area contributed by atoms with Crippen molar-refractivity contribution in [2.45, 2.75) is 26.3 Å². The summed E-state index contributed by atoms with van der Waals surface area (Å²) < 4.78 is 0. The number of hydrogen-bond acceptors (Lipinski definition) is 3. The molecule has 3 heteroatoms. The van der Waals surface area contributed by atoms with Crippen LogP contribution in [0.3, 0.4) is 0 Å². The molecule has 0 aliphatic carbocycles. The number of hydrogen-bond donors (Lipinski definition) is 1. The van der Waals surface area contributed by atoms with E-state index in [-0.39, 0.29) is 0 Å². The van der Waals surface area contributed by atoms with Crippen LogP contribution < -0.4 is 5.32 Å². The van der Waals surface area contributed by atoms with Crippen LogP contribution in [0.2, 0.25) is 0 Å². The van der Waals surface area contributed by atoms with Crippen molar-refractivity contribution in [1.82, 2.24) is 5.32 Å². The van der Waals surface area contributed by atoms with E-state index >= 15 is 0 Å². The summed E-state index contributed by atoms with van der Waals surface area (Å²) >= 11 is 3.68. The van der Waals surface area contributed by atoms with Crippen molar-refractivity contribution in [3.05, 3.63) is 43.8 Å². The van der Waals surface area contributed by atoms with Crippen LogP contribution >= 0.6 is 22.7 Å². The molecule has 0 radical (unpaired) electrons. The molecule has 2 aromatic rings. The Morgan fingerprint density at radius 2 is 2.19 bits per heavy atom. The van der Waals surface area contributed by atoms with Crippen molar-refractivity contribution in [3.63, 3.8) is 0 Å². The molecule has 0 amide bonds. The van der Waals surface area contributed by atoms with Crippen molar-refractivity contribution < 1.29 is 0 Å². The molecule has 0 aliphatic heterocycles. The average Bonchev–Trinajstić information content (AvgIpc) is 2.89. The van der Waals surface area contributed by atoms with Crippen molar-refractivity contribution in [2.75, 3.05) is 7.05 Å². The number of rotatable bonds is 4. The van der Waals surface area contributed by atoms with Gasteiger partial charge in [0, 0.05) is 9.75 Å². The van der Waals surface area contributed by atoms with E-state index in [2.05, 4.69) is 42.1 Å². The first-order valence-electron chi connectivity index (χ1n) is 5.54. The van der Waals surface area contributed by atoms with Gasteiger partial charge in [0.1, 0.15) is 0 Å². The summed E-state index contributed by atoms with van der Waals surface area (Å²) in [5.41, 5.74) is 2.86. The van der Waals surface area contributed by atoms with Crippen LogP contribution in [0.1, 0.15) is 33.8 Å². The molecule has 1 atom stereocenters. The second-order valence-electron chi connectivity index (χ2n) is 3.88. The lowest BCUT2D eigenvalue weighted by Gasteiger charge is -2.15. The van der Waals surface area contributed by atoms with Gasteiger partial charge in [-0.25, -0.2) is 0 Å². The zero-order valence-electron chi connectivity index (χ0n) is 9.91. The molecule has 0 fully saturated rings. The fourth-order valence-corrected chi connectivity index (χ4v) is 3.82. The summed E-state index contributed by atoms with van der Waals surface area (Å²) in [5.74, 6) is 0. The van der Waals surface area contributed by atoms with E-state index in [0.29, 0.717) is 6.04 Å². The molecule has 2 heterocycles. The smallest absolute Gasteiger partial charge is 0.0679 e. The third-order valence-electron chi connectivity index (χ3n) is 2.80. The highest BCUT2D eigenvalue weighted by Crippen LogP contribution is 2.32. The summed E-state index contributed by atoms with van der Waals surface area (Å²) in [6, 6.07) is 4.88. The predicted molar refractivity (Wildman–Crippen MR) is 73.7 cm³/mol. The van der Waals surface area contributed by atoms with E-state index in [0.717, 1.165) is 6.42 Å². The molecule has 0 saturated carbocycles. The van der Waals surface area contributed by atoms with Gasteiger partial charge in [-0.3, -0.25) is 0 Å². The lowest BCUT2D eigenvalue weighted by molar-refractivity contribution is 0.699. The Balaban J connectivity index is 2.36. The van der Waals surface area contributed by atoms with Gasteiger partial charge in [0.15, 0.2) is 0 Å². The molecular weight excluding hydrogens is 234 g/mol. The van der Waals surface area contributed by atoms with E-state index in [4.69, 9.17) is 0 Å². The number of thiophene rings is 2. The molecule has 0 bridgehead atoms. The van der Waals surface area contributed by atoms with Gasteiger partial charge in [-0.05, 0) is 54.4 Å². The van der Waals surface area contributed by atoms with Gasteiger partial charge in [-0.15, -0.1) is 22.7 Å². The summed E-state index contributed by atoms with van der Waals surface area (Å²) in [4.78, 5) is 2.84. The molecule has 16 heavy (non-hydrogen) atoms. The average molecular weight is 251 g/mol. The van der Waals surface area contributed by atoms with Gasteiger partial charge in [-0.1, -0.05) is 6.92 Å². The van der Waals surface area contributed by atoms with Crippen molar-refractivity contribution in [1.29, 1.82) is 0 Å². The van der Waals surface area contributed by atoms with Crippen molar-refractivity contribution >= 4 is 22.7 Å². The quantitative estimate of drug-likeness (QED) is 0.866. The second kappa shape index (κ2) is 5.13. The largest absolute Gasteiger partial charge is 0.309 e. The molecule has 1 nitrogen and oxygen atoms in total. The molecule has 86 valence electrons. The Bertz CT molecular complexity index is 456. The Kier molecular flexibility index (Phi) is 3.79. The second-order valence-corrected chi connectivity index (χ2v) is 5.94. The maximum absolute atomic E-state index is 3.43. The first-order chi connectivity index (χ1) is 7.76. The fraction of sp³-hybridized carbons (Fsp3) is 0.385. The molecule has 0 aliphatic rings. The van der Waals surface area contributed by atoms with E-state index < -0.39 is 0 Å². The van der Waals surface area contributed by atoms with Crippen LogP contribution in [0.15, 0.2) is 22.9 Å². The normalized spacial score (nSPS) is 12.9. The molecule has 2 aromatic heterocycles. The lowest BCUT2D eigenvalue weighted by atomic mass is 10.0.